The molecule has 4 heterocycles. The molecular formula is C22H20N6O4. The minimum atomic E-state index is -0.653. The van der Waals surface area contributed by atoms with Crippen LogP contribution in [-0.2, 0) is 11.3 Å². The van der Waals surface area contributed by atoms with Crippen LogP contribution in [0.4, 0.5) is 0 Å². The molecule has 10 nitrogen and oxygen atoms in total. The molecule has 0 aliphatic carbocycles. The molecule has 1 amide bonds. The molecule has 1 saturated heterocycles. The zero-order chi connectivity index (χ0) is 21.9. The van der Waals surface area contributed by atoms with Gasteiger partial charge in [-0.25, -0.2) is 4.79 Å². The Labute approximate surface area is 182 Å². The van der Waals surface area contributed by atoms with Gasteiger partial charge < -0.3 is 13.8 Å². The molecule has 1 aliphatic heterocycles. The molecule has 0 saturated carbocycles. The molecular weight excluding hydrogens is 412 g/mol. The molecule has 0 atom stereocenters. The smallest absolute Gasteiger partial charge is 0.388 e. The molecule has 0 unspecified atom stereocenters. The zero-order valence-electron chi connectivity index (χ0n) is 17.1. The number of benzene rings is 1. The van der Waals surface area contributed by atoms with Gasteiger partial charge in [0.15, 0.2) is 0 Å². The lowest BCUT2D eigenvalue weighted by Gasteiger charge is -2.30. The topological polar surface area (TPSA) is 120 Å². The maximum atomic E-state index is 12.7. The average Bonchev–Trinajstić information content (AvgIpc) is 3.48. The maximum absolute atomic E-state index is 12.7. The maximum Gasteiger partial charge on any atom is 0.437 e. The molecule has 4 aromatic rings. The fraction of sp³-hybridized carbons (Fsp3) is 0.273. The molecule has 0 bridgehead atoms. The van der Waals surface area contributed by atoms with Gasteiger partial charge in [-0.2, -0.15) is 9.67 Å². The minimum Gasteiger partial charge on any atom is -0.388 e. The summed E-state index contributed by atoms with van der Waals surface area (Å²) in [4.78, 5) is 35.3. The molecule has 10 heteroatoms. The first-order valence-corrected chi connectivity index (χ1v) is 10.3. The molecule has 3 aromatic heterocycles. The minimum absolute atomic E-state index is 0.0727. The van der Waals surface area contributed by atoms with Gasteiger partial charge in [0.25, 0.3) is 0 Å². The van der Waals surface area contributed by atoms with E-state index in [1.54, 1.807) is 23.2 Å². The van der Waals surface area contributed by atoms with Crippen LogP contribution < -0.4 is 5.76 Å². The van der Waals surface area contributed by atoms with Gasteiger partial charge in [0.1, 0.15) is 12.2 Å². The fourth-order valence-electron chi connectivity index (χ4n) is 3.71. The highest BCUT2D eigenvalue weighted by Gasteiger charge is 2.28. The molecule has 0 N–H and O–H groups in total. The average molecular weight is 432 g/mol. The van der Waals surface area contributed by atoms with Gasteiger partial charge in [0.2, 0.25) is 23.5 Å². The van der Waals surface area contributed by atoms with Crippen molar-refractivity contribution in [1.29, 1.82) is 0 Å². The number of hydrogen-bond acceptors (Lipinski definition) is 8. The normalized spacial score (nSPS) is 14.6. The standard InChI is InChI=1S/C22H20N6O4/c29-18(14-28-22(30)31-21(25-28)15-6-2-1-3-7-15)27-12-9-16(10-13-27)20-24-19(26-32-20)17-8-4-5-11-23-17/h1-8,11,16H,9-10,12-14H2. The lowest BCUT2D eigenvalue weighted by molar-refractivity contribution is -0.133. The molecule has 1 fully saturated rings. The van der Waals surface area contributed by atoms with Crippen molar-refractivity contribution in [1.82, 2.24) is 29.8 Å². The predicted octanol–water partition coefficient (Wildman–Crippen LogP) is 2.35. The third kappa shape index (κ3) is 4.07. The summed E-state index contributed by atoms with van der Waals surface area (Å²) in [5, 5.41) is 8.18. The summed E-state index contributed by atoms with van der Waals surface area (Å²) in [6.45, 7) is 0.899. The van der Waals surface area contributed by atoms with Gasteiger partial charge in [0.05, 0.1) is 0 Å². The van der Waals surface area contributed by atoms with Crippen molar-refractivity contribution in [3.63, 3.8) is 0 Å². The van der Waals surface area contributed by atoms with Crippen LogP contribution >= 0.6 is 0 Å². The van der Waals surface area contributed by atoms with Gasteiger partial charge in [0, 0.05) is 30.8 Å². The lowest BCUT2D eigenvalue weighted by Crippen LogP contribution is -2.41. The Kier molecular flexibility index (Phi) is 5.32. The van der Waals surface area contributed by atoms with Gasteiger partial charge >= 0.3 is 5.76 Å². The number of likely N-dealkylation sites (tertiary alicyclic amines) is 1. The van der Waals surface area contributed by atoms with Crippen molar-refractivity contribution >= 4 is 5.91 Å². The van der Waals surface area contributed by atoms with Crippen LogP contribution in [0.5, 0.6) is 0 Å². The largest absolute Gasteiger partial charge is 0.437 e. The molecule has 0 radical (unpaired) electrons. The van der Waals surface area contributed by atoms with Crippen molar-refractivity contribution in [2.75, 3.05) is 13.1 Å². The van der Waals surface area contributed by atoms with E-state index < -0.39 is 5.76 Å². The third-order valence-electron chi connectivity index (χ3n) is 5.44. The van der Waals surface area contributed by atoms with Crippen molar-refractivity contribution in [3.8, 4) is 23.0 Å². The number of pyridine rings is 1. The van der Waals surface area contributed by atoms with E-state index in [0.29, 0.717) is 48.9 Å². The molecule has 0 spiro atoms. The Hall–Kier alpha value is -4.08. The molecule has 1 aliphatic rings. The summed E-state index contributed by atoms with van der Waals surface area (Å²) < 4.78 is 11.7. The predicted molar refractivity (Wildman–Crippen MR) is 112 cm³/mol. The second-order valence-electron chi connectivity index (χ2n) is 7.52. The van der Waals surface area contributed by atoms with Gasteiger partial charge in [-0.3, -0.25) is 9.78 Å². The Bertz CT molecular complexity index is 1260. The van der Waals surface area contributed by atoms with Crippen molar-refractivity contribution < 1.29 is 13.7 Å². The summed E-state index contributed by atoms with van der Waals surface area (Å²) in [6, 6.07) is 14.6. The number of piperidine rings is 1. The summed E-state index contributed by atoms with van der Waals surface area (Å²) in [7, 11) is 0. The van der Waals surface area contributed by atoms with Crippen LogP contribution in [0.2, 0.25) is 0 Å². The summed E-state index contributed by atoms with van der Waals surface area (Å²) >= 11 is 0. The van der Waals surface area contributed by atoms with E-state index in [-0.39, 0.29) is 24.3 Å². The van der Waals surface area contributed by atoms with Gasteiger partial charge in [-0.05, 0) is 37.1 Å². The zero-order valence-corrected chi connectivity index (χ0v) is 17.1. The van der Waals surface area contributed by atoms with E-state index in [9.17, 15) is 9.59 Å². The van der Waals surface area contributed by atoms with Crippen LogP contribution in [0.3, 0.4) is 0 Å². The Morgan fingerprint density at radius 1 is 1.06 bits per heavy atom. The van der Waals surface area contributed by atoms with E-state index >= 15 is 0 Å². The fourth-order valence-corrected chi connectivity index (χ4v) is 3.71. The monoisotopic (exact) mass is 432 g/mol. The summed E-state index contributed by atoms with van der Waals surface area (Å²) in [6.07, 6.45) is 3.07. The highest BCUT2D eigenvalue weighted by Crippen LogP contribution is 2.28. The first-order valence-electron chi connectivity index (χ1n) is 10.3. The van der Waals surface area contributed by atoms with E-state index in [2.05, 4.69) is 20.2 Å². The van der Waals surface area contributed by atoms with Crippen molar-refractivity contribution in [2.45, 2.75) is 25.3 Å². The highest BCUT2D eigenvalue weighted by molar-refractivity contribution is 5.76. The van der Waals surface area contributed by atoms with Crippen molar-refractivity contribution in [2.24, 2.45) is 0 Å². The van der Waals surface area contributed by atoms with Crippen LogP contribution in [0.15, 0.2) is 68.5 Å². The molecule has 5 rings (SSSR count). The van der Waals surface area contributed by atoms with Crippen LogP contribution in [-0.4, -0.2) is 48.8 Å². The summed E-state index contributed by atoms with van der Waals surface area (Å²) in [5.74, 6) is 0.445. The van der Waals surface area contributed by atoms with Gasteiger partial charge in [-0.15, -0.1) is 5.10 Å². The Balaban J connectivity index is 1.20. The number of amides is 1. The van der Waals surface area contributed by atoms with E-state index in [4.69, 9.17) is 8.94 Å². The summed E-state index contributed by atoms with van der Waals surface area (Å²) in [5.41, 5.74) is 1.34. The van der Waals surface area contributed by atoms with E-state index in [1.807, 2.05) is 36.4 Å². The van der Waals surface area contributed by atoms with E-state index in [1.165, 1.54) is 0 Å². The number of rotatable bonds is 5. The third-order valence-corrected chi connectivity index (χ3v) is 5.44. The quantitative estimate of drug-likeness (QED) is 0.471. The highest BCUT2D eigenvalue weighted by atomic mass is 16.5. The number of hydrogen-bond donors (Lipinski definition) is 0. The van der Waals surface area contributed by atoms with E-state index in [0.717, 1.165) is 4.68 Å². The second-order valence-corrected chi connectivity index (χ2v) is 7.52. The number of aromatic nitrogens is 5. The number of carbonyl (C=O) groups is 1. The van der Waals surface area contributed by atoms with Crippen LogP contribution in [0.1, 0.15) is 24.7 Å². The molecule has 1 aromatic carbocycles. The molecule has 162 valence electrons. The van der Waals surface area contributed by atoms with Gasteiger partial charge in [-0.1, -0.05) is 29.4 Å². The van der Waals surface area contributed by atoms with Crippen LogP contribution in [0, 0.1) is 0 Å². The van der Waals surface area contributed by atoms with Crippen molar-refractivity contribution in [3.05, 3.63) is 71.2 Å². The first kappa shape index (κ1) is 19.9. The number of carbonyl (C=O) groups excluding carboxylic acids is 1. The number of nitrogens with zero attached hydrogens (tertiary/aromatic N) is 6. The Morgan fingerprint density at radius 3 is 2.59 bits per heavy atom. The molecule has 32 heavy (non-hydrogen) atoms. The second kappa shape index (κ2) is 8.58. The Morgan fingerprint density at radius 2 is 1.84 bits per heavy atom. The SMILES string of the molecule is O=C(Cn1nc(-c2ccccc2)oc1=O)N1CCC(c2nc(-c3ccccn3)no2)CC1. The lowest BCUT2D eigenvalue weighted by atomic mass is 9.97. The van der Waals surface area contributed by atoms with Crippen LogP contribution in [0.25, 0.3) is 23.0 Å². The first-order chi connectivity index (χ1) is 15.7.